The van der Waals surface area contributed by atoms with E-state index < -0.39 is 29.9 Å². The molecule has 34 heavy (non-hydrogen) atoms. The molecule has 0 saturated carbocycles. The van der Waals surface area contributed by atoms with Gasteiger partial charge in [0.05, 0.1) is 60.8 Å². The summed E-state index contributed by atoms with van der Waals surface area (Å²) in [4.78, 5) is 59.7. The first-order valence-electron chi connectivity index (χ1n) is 10.4. The van der Waals surface area contributed by atoms with E-state index in [1.807, 2.05) is 0 Å². The van der Waals surface area contributed by atoms with E-state index in [0.29, 0.717) is 11.0 Å². The van der Waals surface area contributed by atoms with Crippen molar-refractivity contribution in [1.29, 1.82) is 0 Å². The smallest absolute Gasteiger partial charge is 0.340 e. The minimum atomic E-state index is -1.66. The van der Waals surface area contributed by atoms with Crippen molar-refractivity contribution in [3.63, 3.8) is 0 Å². The lowest BCUT2D eigenvalue weighted by molar-refractivity contribution is -0.155. The van der Waals surface area contributed by atoms with E-state index in [1.165, 1.54) is 6.07 Å². The number of nitrogens with zero attached hydrogens (tertiary/aromatic N) is 2. The second kappa shape index (κ2) is 10.6. The molecule has 178 valence electrons. The summed E-state index contributed by atoms with van der Waals surface area (Å²) >= 11 is 0. The van der Waals surface area contributed by atoms with Crippen LogP contribution >= 0.6 is 0 Å². The van der Waals surface area contributed by atoms with Gasteiger partial charge in [0.15, 0.2) is 0 Å². The van der Waals surface area contributed by atoms with Crippen LogP contribution in [0.4, 0.5) is 5.69 Å². The van der Waals surface area contributed by atoms with E-state index in [9.17, 15) is 19.2 Å². The predicted octanol–water partition coefficient (Wildman–Crippen LogP) is 2.26. The Balaban J connectivity index is 2.37. The zero-order valence-electron chi connectivity index (χ0n) is 19.0. The molecule has 1 aromatic heterocycles. The second-order valence-corrected chi connectivity index (χ2v) is 6.82. The van der Waals surface area contributed by atoms with Gasteiger partial charge in [-0.2, -0.15) is 0 Å². The molecule has 11 heteroatoms. The molecule has 0 radical (unpaired) electrons. The van der Waals surface area contributed by atoms with Crippen molar-refractivity contribution >= 4 is 51.6 Å². The zero-order valence-corrected chi connectivity index (χ0v) is 19.0. The van der Waals surface area contributed by atoms with Crippen LogP contribution < -0.4 is 5.32 Å². The molecular weight excluding hydrogens is 446 g/mol. The maximum absolute atomic E-state index is 12.8. The number of aromatic nitrogens is 2. The number of methoxy groups -OCH3 is 2. The molecule has 0 fully saturated rings. The highest BCUT2D eigenvalue weighted by Gasteiger charge is 2.34. The number of anilines is 1. The Hall–Kier alpha value is -4.28. The molecule has 3 aromatic rings. The first kappa shape index (κ1) is 24.4. The fourth-order valence-corrected chi connectivity index (χ4v) is 3.30. The largest absolute Gasteiger partial charge is 0.465 e. The summed E-state index contributed by atoms with van der Waals surface area (Å²) in [6.07, 6.45) is 0. The SMILES string of the molecule is CCOC(=O)C(Nc1c(C(=O)OC)c(C(=O)OC)cc2nc3ccccc3nc12)C(=O)OCC. The van der Waals surface area contributed by atoms with Crippen LogP contribution in [0.25, 0.3) is 22.1 Å². The van der Waals surface area contributed by atoms with E-state index >= 15 is 0 Å². The fraction of sp³-hybridized carbons (Fsp3) is 0.304. The van der Waals surface area contributed by atoms with Crippen LogP contribution in [0.15, 0.2) is 30.3 Å². The molecule has 0 saturated heterocycles. The Morgan fingerprint density at radius 1 is 0.853 bits per heavy atom. The number of fused-ring (bicyclic) bond motifs is 2. The van der Waals surface area contributed by atoms with E-state index in [-0.39, 0.29) is 41.1 Å². The van der Waals surface area contributed by atoms with Gasteiger partial charge in [-0.3, -0.25) is 0 Å². The Morgan fingerprint density at radius 3 is 1.94 bits per heavy atom. The van der Waals surface area contributed by atoms with Crippen molar-refractivity contribution in [2.75, 3.05) is 32.8 Å². The monoisotopic (exact) mass is 469 g/mol. The summed E-state index contributed by atoms with van der Waals surface area (Å²) in [6.45, 7) is 3.14. The highest BCUT2D eigenvalue weighted by molar-refractivity contribution is 6.15. The molecule has 0 aliphatic rings. The van der Waals surface area contributed by atoms with Crippen LogP contribution in [0.3, 0.4) is 0 Å². The molecule has 0 amide bonds. The molecular formula is C23H23N3O8. The number of ether oxygens (including phenoxy) is 4. The maximum Gasteiger partial charge on any atom is 0.340 e. The molecule has 0 aliphatic heterocycles. The topological polar surface area (TPSA) is 143 Å². The van der Waals surface area contributed by atoms with Gasteiger partial charge in [-0.05, 0) is 32.0 Å². The molecule has 0 spiro atoms. The minimum Gasteiger partial charge on any atom is -0.465 e. The first-order chi connectivity index (χ1) is 16.4. The number of rotatable bonds is 8. The van der Waals surface area contributed by atoms with Crippen LogP contribution in [0, 0.1) is 0 Å². The molecule has 0 atom stereocenters. The number of hydrogen-bond acceptors (Lipinski definition) is 11. The predicted molar refractivity (Wildman–Crippen MR) is 120 cm³/mol. The highest BCUT2D eigenvalue weighted by Crippen LogP contribution is 2.32. The summed E-state index contributed by atoms with van der Waals surface area (Å²) in [6, 6.07) is 6.62. The van der Waals surface area contributed by atoms with Crippen molar-refractivity contribution in [3.8, 4) is 0 Å². The maximum atomic E-state index is 12.8. The molecule has 0 aliphatic carbocycles. The molecule has 0 bridgehead atoms. The minimum absolute atomic E-state index is 0.00628. The van der Waals surface area contributed by atoms with Crippen LogP contribution in [-0.2, 0) is 28.5 Å². The van der Waals surface area contributed by atoms with Crippen molar-refractivity contribution in [2.45, 2.75) is 19.9 Å². The third kappa shape index (κ3) is 4.72. The first-order valence-corrected chi connectivity index (χ1v) is 10.4. The number of carbonyl (C=O) groups excluding carboxylic acids is 4. The lowest BCUT2D eigenvalue weighted by atomic mass is 10.0. The van der Waals surface area contributed by atoms with Gasteiger partial charge in [0.2, 0.25) is 6.04 Å². The Morgan fingerprint density at radius 2 is 1.41 bits per heavy atom. The van der Waals surface area contributed by atoms with Gasteiger partial charge in [-0.1, -0.05) is 12.1 Å². The van der Waals surface area contributed by atoms with E-state index in [1.54, 1.807) is 38.1 Å². The van der Waals surface area contributed by atoms with Crippen LogP contribution in [-0.4, -0.2) is 67.3 Å². The third-order valence-electron chi connectivity index (χ3n) is 4.76. The van der Waals surface area contributed by atoms with Crippen molar-refractivity contribution in [3.05, 3.63) is 41.5 Å². The number of para-hydroxylation sites is 2. The summed E-state index contributed by atoms with van der Waals surface area (Å²) < 4.78 is 19.7. The zero-order chi connectivity index (χ0) is 24.8. The Kier molecular flexibility index (Phi) is 7.57. The number of hydrogen-bond donors (Lipinski definition) is 1. The molecule has 3 rings (SSSR count). The average Bonchev–Trinajstić information content (AvgIpc) is 2.84. The molecule has 1 heterocycles. The quantitative estimate of drug-likeness (QED) is 0.224. The number of nitrogens with one attached hydrogen (secondary N) is 1. The van der Waals surface area contributed by atoms with Crippen LogP contribution in [0.1, 0.15) is 34.6 Å². The van der Waals surface area contributed by atoms with Gasteiger partial charge < -0.3 is 24.3 Å². The number of esters is 4. The van der Waals surface area contributed by atoms with E-state index in [4.69, 9.17) is 18.9 Å². The molecule has 11 nitrogen and oxygen atoms in total. The van der Waals surface area contributed by atoms with Gasteiger partial charge in [-0.15, -0.1) is 0 Å². The number of benzene rings is 2. The van der Waals surface area contributed by atoms with Gasteiger partial charge >= 0.3 is 23.9 Å². The lowest BCUT2D eigenvalue weighted by Crippen LogP contribution is -2.41. The number of carbonyl (C=O) groups is 4. The van der Waals surface area contributed by atoms with Crippen molar-refractivity contribution < 1.29 is 38.1 Å². The van der Waals surface area contributed by atoms with Crippen LogP contribution in [0.2, 0.25) is 0 Å². The Bertz CT molecular complexity index is 1260. The lowest BCUT2D eigenvalue weighted by Gasteiger charge is -2.21. The fourth-order valence-electron chi connectivity index (χ4n) is 3.30. The van der Waals surface area contributed by atoms with Crippen molar-refractivity contribution in [2.24, 2.45) is 0 Å². The molecule has 1 N–H and O–H groups in total. The van der Waals surface area contributed by atoms with Gasteiger partial charge in [0.1, 0.15) is 5.52 Å². The highest BCUT2D eigenvalue weighted by atomic mass is 16.6. The van der Waals surface area contributed by atoms with E-state index in [2.05, 4.69) is 15.3 Å². The van der Waals surface area contributed by atoms with Gasteiger partial charge in [-0.25, -0.2) is 29.1 Å². The molecule has 0 unspecified atom stereocenters. The average molecular weight is 469 g/mol. The summed E-state index contributed by atoms with van der Waals surface area (Å²) in [7, 11) is 2.27. The summed E-state index contributed by atoms with van der Waals surface area (Å²) in [5.41, 5.74) is 0.712. The van der Waals surface area contributed by atoms with Gasteiger partial charge in [0, 0.05) is 0 Å². The van der Waals surface area contributed by atoms with Crippen molar-refractivity contribution in [1.82, 2.24) is 9.97 Å². The summed E-state index contributed by atoms with van der Waals surface area (Å²) in [5.74, 6) is -3.67. The van der Waals surface area contributed by atoms with Gasteiger partial charge in [0.25, 0.3) is 0 Å². The molecule has 2 aromatic carbocycles. The second-order valence-electron chi connectivity index (χ2n) is 6.82. The van der Waals surface area contributed by atoms with E-state index in [0.717, 1.165) is 14.2 Å². The summed E-state index contributed by atoms with van der Waals surface area (Å²) in [5, 5.41) is 2.70. The standard InChI is InChI=1S/C23H23N3O8/c1-5-33-22(29)19(23(30)34-6-2)26-18-16(21(28)32-4)12(20(27)31-3)11-15-17(18)25-14-10-8-7-9-13(14)24-15/h7-11,19,26H,5-6H2,1-4H3. The van der Waals surface area contributed by atoms with Crippen LogP contribution in [0.5, 0.6) is 0 Å². The third-order valence-corrected chi connectivity index (χ3v) is 4.76. The normalized spacial score (nSPS) is 10.7. The Labute approximate surface area is 194 Å².